The summed E-state index contributed by atoms with van der Waals surface area (Å²) in [6.45, 7) is 3.23. The summed E-state index contributed by atoms with van der Waals surface area (Å²) in [5.74, 6) is -2.29. The Labute approximate surface area is 194 Å². The number of anilines is 3. The number of amides is 3. The lowest BCUT2D eigenvalue weighted by Crippen LogP contribution is -2.33. The van der Waals surface area contributed by atoms with Crippen LogP contribution in [0.3, 0.4) is 0 Å². The number of nitrogens with one attached hydrogen (secondary N) is 2. The van der Waals surface area contributed by atoms with E-state index in [2.05, 4.69) is 10.6 Å². The van der Waals surface area contributed by atoms with Crippen LogP contribution in [0.1, 0.15) is 18.1 Å². The highest BCUT2D eigenvalue weighted by atomic mass is 35.5. The molecule has 1 aliphatic rings. The van der Waals surface area contributed by atoms with E-state index < -0.39 is 17.6 Å². The first-order valence-electron chi connectivity index (χ1n) is 10.0. The van der Waals surface area contributed by atoms with Crippen LogP contribution in [0.5, 0.6) is 0 Å². The van der Waals surface area contributed by atoms with Crippen molar-refractivity contribution < 1.29 is 18.8 Å². The molecule has 3 aromatic rings. The molecule has 0 radical (unpaired) electrons. The van der Waals surface area contributed by atoms with E-state index >= 15 is 0 Å². The molecule has 8 heteroatoms. The van der Waals surface area contributed by atoms with Crippen LogP contribution in [-0.2, 0) is 14.4 Å². The van der Waals surface area contributed by atoms with Crippen LogP contribution in [0.15, 0.2) is 72.4 Å². The first kappa shape index (κ1) is 22.2. The molecule has 0 spiro atoms. The minimum atomic E-state index is -0.695. The number of imide groups is 1. The number of nitrogens with zero attached hydrogens (tertiary/aromatic N) is 1. The molecule has 0 saturated carbocycles. The van der Waals surface area contributed by atoms with Gasteiger partial charge < -0.3 is 10.6 Å². The van der Waals surface area contributed by atoms with E-state index in [1.165, 1.54) is 25.1 Å². The summed E-state index contributed by atoms with van der Waals surface area (Å²) in [6.07, 6.45) is 0. The zero-order chi connectivity index (χ0) is 23.7. The lowest BCUT2D eigenvalue weighted by atomic mass is 10.0. The maximum atomic E-state index is 14.5. The summed E-state index contributed by atoms with van der Waals surface area (Å²) in [5, 5.41) is 6.14. The van der Waals surface area contributed by atoms with Crippen molar-refractivity contribution in [3.63, 3.8) is 0 Å². The topological polar surface area (TPSA) is 78.5 Å². The summed E-state index contributed by atoms with van der Waals surface area (Å²) in [6, 6.07) is 17.2. The van der Waals surface area contributed by atoms with Crippen molar-refractivity contribution in [2.24, 2.45) is 0 Å². The van der Waals surface area contributed by atoms with Crippen molar-refractivity contribution in [2.45, 2.75) is 13.8 Å². The van der Waals surface area contributed by atoms with Gasteiger partial charge >= 0.3 is 0 Å². The predicted octanol–water partition coefficient (Wildman–Crippen LogP) is 5.14. The number of rotatable bonds is 5. The zero-order valence-electron chi connectivity index (χ0n) is 17.8. The van der Waals surface area contributed by atoms with Crippen LogP contribution in [-0.4, -0.2) is 17.7 Å². The Balaban J connectivity index is 1.81. The standard InChI is InChI=1S/C25H19ClFN3O3/c1-14-7-10-18(13-19(14)26)29-23-22(16-8-11-17(12-9-16)28-15(2)31)24(32)30(25(23)33)21-6-4-3-5-20(21)27/h3-13,29H,1-2H3,(H,28,31). The molecule has 6 nitrogen and oxygen atoms in total. The first-order chi connectivity index (χ1) is 15.8. The summed E-state index contributed by atoms with van der Waals surface area (Å²) in [4.78, 5) is 38.9. The largest absolute Gasteiger partial charge is 0.350 e. The molecule has 0 atom stereocenters. The van der Waals surface area contributed by atoms with E-state index in [9.17, 15) is 18.8 Å². The van der Waals surface area contributed by atoms with Gasteiger partial charge in [-0.2, -0.15) is 0 Å². The van der Waals surface area contributed by atoms with Crippen LogP contribution >= 0.6 is 11.6 Å². The molecule has 0 aliphatic carbocycles. The van der Waals surface area contributed by atoms with Gasteiger partial charge in [-0.05, 0) is 54.4 Å². The molecule has 166 valence electrons. The molecule has 1 aliphatic heterocycles. The highest BCUT2D eigenvalue weighted by molar-refractivity contribution is 6.46. The van der Waals surface area contributed by atoms with E-state index in [-0.39, 0.29) is 22.9 Å². The third kappa shape index (κ3) is 4.36. The maximum absolute atomic E-state index is 14.5. The van der Waals surface area contributed by atoms with E-state index in [0.717, 1.165) is 10.5 Å². The third-order valence-corrected chi connectivity index (χ3v) is 5.52. The van der Waals surface area contributed by atoms with Crippen LogP contribution in [0.25, 0.3) is 5.57 Å². The van der Waals surface area contributed by atoms with Gasteiger partial charge in [0.15, 0.2) is 0 Å². The summed E-state index contributed by atoms with van der Waals surface area (Å²) >= 11 is 6.22. The monoisotopic (exact) mass is 463 g/mol. The molecule has 2 N–H and O–H groups in total. The van der Waals surface area contributed by atoms with Gasteiger partial charge in [-0.1, -0.05) is 41.9 Å². The Hall–Kier alpha value is -3.97. The number of hydrogen-bond acceptors (Lipinski definition) is 4. The van der Waals surface area contributed by atoms with Gasteiger partial charge in [0, 0.05) is 23.3 Å². The summed E-state index contributed by atoms with van der Waals surface area (Å²) in [7, 11) is 0. The number of carbonyl (C=O) groups is 3. The fourth-order valence-electron chi connectivity index (χ4n) is 3.50. The first-order valence-corrected chi connectivity index (χ1v) is 10.4. The number of halogens is 2. The molecular weight excluding hydrogens is 445 g/mol. The molecule has 4 rings (SSSR count). The van der Waals surface area contributed by atoms with Crippen LogP contribution in [0.2, 0.25) is 5.02 Å². The molecule has 0 fully saturated rings. The number of para-hydroxylation sites is 1. The predicted molar refractivity (Wildman–Crippen MR) is 126 cm³/mol. The Bertz CT molecular complexity index is 1320. The zero-order valence-corrected chi connectivity index (χ0v) is 18.5. The number of aryl methyl sites for hydroxylation is 1. The molecule has 0 aromatic heterocycles. The van der Waals surface area contributed by atoms with Gasteiger partial charge in [-0.25, -0.2) is 9.29 Å². The van der Waals surface area contributed by atoms with E-state index in [0.29, 0.717) is 22.0 Å². The van der Waals surface area contributed by atoms with E-state index in [1.807, 2.05) is 6.92 Å². The van der Waals surface area contributed by atoms with Gasteiger partial charge in [-0.15, -0.1) is 0 Å². The molecule has 3 amide bonds. The molecule has 1 heterocycles. The summed E-state index contributed by atoms with van der Waals surface area (Å²) < 4.78 is 14.5. The Morgan fingerprint density at radius 2 is 1.61 bits per heavy atom. The average Bonchev–Trinajstić information content (AvgIpc) is 3.01. The Kier molecular flexibility index (Phi) is 5.98. The van der Waals surface area contributed by atoms with E-state index in [4.69, 9.17) is 11.6 Å². The van der Waals surface area contributed by atoms with Crippen molar-refractivity contribution in [1.82, 2.24) is 0 Å². The van der Waals surface area contributed by atoms with Gasteiger partial charge in [0.25, 0.3) is 11.8 Å². The second-order valence-corrected chi connectivity index (χ2v) is 7.90. The molecule has 33 heavy (non-hydrogen) atoms. The second kappa shape index (κ2) is 8.88. The normalized spacial score (nSPS) is 13.5. The lowest BCUT2D eigenvalue weighted by molar-refractivity contribution is -0.120. The molecule has 3 aromatic carbocycles. The van der Waals surface area contributed by atoms with Crippen molar-refractivity contribution in [1.29, 1.82) is 0 Å². The second-order valence-electron chi connectivity index (χ2n) is 7.49. The Morgan fingerprint density at radius 3 is 2.24 bits per heavy atom. The van der Waals surface area contributed by atoms with Crippen LogP contribution in [0, 0.1) is 12.7 Å². The van der Waals surface area contributed by atoms with E-state index in [1.54, 1.807) is 48.5 Å². The van der Waals surface area contributed by atoms with Gasteiger partial charge in [0.1, 0.15) is 11.5 Å². The fraction of sp³-hybridized carbons (Fsp3) is 0.0800. The van der Waals surface area contributed by atoms with Crippen LogP contribution in [0.4, 0.5) is 21.5 Å². The van der Waals surface area contributed by atoms with Gasteiger partial charge in [0.05, 0.1) is 11.3 Å². The minimum absolute atomic E-state index is 0.00421. The quantitative estimate of drug-likeness (QED) is 0.513. The summed E-state index contributed by atoms with van der Waals surface area (Å²) in [5.41, 5.74) is 2.26. The Morgan fingerprint density at radius 1 is 0.939 bits per heavy atom. The minimum Gasteiger partial charge on any atom is -0.350 e. The van der Waals surface area contributed by atoms with Crippen molar-refractivity contribution >= 4 is 52.0 Å². The molecule has 0 bridgehead atoms. The smallest absolute Gasteiger partial charge is 0.282 e. The third-order valence-electron chi connectivity index (χ3n) is 5.11. The number of hydrogen-bond donors (Lipinski definition) is 2. The van der Waals surface area contributed by atoms with Crippen molar-refractivity contribution in [2.75, 3.05) is 15.5 Å². The van der Waals surface area contributed by atoms with Crippen LogP contribution < -0.4 is 15.5 Å². The molecule has 0 unspecified atom stereocenters. The maximum Gasteiger partial charge on any atom is 0.282 e. The number of benzene rings is 3. The molecular formula is C25H19ClFN3O3. The number of carbonyl (C=O) groups excluding carboxylic acids is 3. The fourth-order valence-corrected chi connectivity index (χ4v) is 3.68. The van der Waals surface area contributed by atoms with Gasteiger partial charge in [0.2, 0.25) is 5.91 Å². The van der Waals surface area contributed by atoms with Gasteiger partial charge in [-0.3, -0.25) is 14.4 Å². The average molecular weight is 464 g/mol. The SMILES string of the molecule is CC(=O)Nc1ccc(C2=C(Nc3ccc(C)c(Cl)c3)C(=O)N(c3ccccc3F)C2=O)cc1. The van der Waals surface area contributed by atoms with Crippen molar-refractivity contribution in [3.05, 3.63) is 94.4 Å². The highest BCUT2D eigenvalue weighted by Crippen LogP contribution is 2.35. The lowest BCUT2D eigenvalue weighted by Gasteiger charge is -2.16. The molecule has 0 saturated heterocycles. The highest BCUT2D eigenvalue weighted by Gasteiger charge is 2.41. The van der Waals surface area contributed by atoms with Crippen molar-refractivity contribution in [3.8, 4) is 0 Å².